The predicted octanol–water partition coefficient (Wildman–Crippen LogP) is 2.85. The van der Waals surface area contributed by atoms with Crippen molar-refractivity contribution in [2.45, 2.75) is 20.0 Å². The zero-order valence-electron chi connectivity index (χ0n) is 10.6. The van der Waals surface area contributed by atoms with Gasteiger partial charge in [0.2, 0.25) is 0 Å². The largest absolute Gasteiger partial charge is 0.466 e. The minimum absolute atomic E-state index is 0.182. The van der Waals surface area contributed by atoms with Gasteiger partial charge in [0.25, 0.3) is 0 Å². The van der Waals surface area contributed by atoms with Crippen LogP contribution in [0.25, 0.3) is 0 Å². The number of halogens is 1. The maximum Gasteiger partial charge on any atom is 0.333 e. The Balaban J connectivity index is 2.45. The first-order valence-electron chi connectivity index (χ1n) is 5.77. The minimum Gasteiger partial charge on any atom is -0.466 e. The number of esters is 1. The zero-order chi connectivity index (χ0) is 13.4. The van der Waals surface area contributed by atoms with Crippen molar-refractivity contribution in [3.05, 3.63) is 47.3 Å². The minimum atomic E-state index is -0.355. The Kier molecular flexibility index (Phi) is 6.08. The number of rotatable bonds is 6. The van der Waals surface area contributed by atoms with Gasteiger partial charge < -0.3 is 9.47 Å². The van der Waals surface area contributed by atoms with Gasteiger partial charge in [0.1, 0.15) is 5.82 Å². The van der Waals surface area contributed by atoms with Crippen molar-refractivity contribution in [1.29, 1.82) is 0 Å². The highest BCUT2D eigenvalue weighted by Gasteiger charge is 2.06. The van der Waals surface area contributed by atoms with E-state index in [1.165, 1.54) is 13.2 Å². The highest BCUT2D eigenvalue weighted by Crippen LogP contribution is 2.08. The Labute approximate surface area is 106 Å². The third kappa shape index (κ3) is 4.30. The van der Waals surface area contributed by atoms with Crippen LogP contribution >= 0.6 is 0 Å². The average molecular weight is 252 g/mol. The van der Waals surface area contributed by atoms with Gasteiger partial charge in [-0.2, -0.15) is 0 Å². The molecule has 0 aliphatic heterocycles. The Morgan fingerprint density at radius 3 is 2.72 bits per heavy atom. The summed E-state index contributed by atoms with van der Waals surface area (Å²) in [5.74, 6) is -0.642. The number of carbonyl (C=O) groups excluding carboxylic acids is 1. The first-order valence-corrected chi connectivity index (χ1v) is 5.77. The van der Waals surface area contributed by atoms with Crippen LogP contribution in [0.3, 0.4) is 0 Å². The van der Waals surface area contributed by atoms with E-state index in [4.69, 9.17) is 4.74 Å². The van der Waals surface area contributed by atoms with Crippen LogP contribution in [0.15, 0.2) is 35.9 Å². The van der Waals surface area contributed by atoms with Crippen molar-refractivity contribution in [3.8, 4) is 0 Å². The molecule has 18 heavy (non-hydrogen) atoms. The lowest BCUT2D eigenvalue weighted by atomic mass is 10.2. The monoisotopic (exact) mass is 252 g/mol. The van der Waals surface area contributed by atoms with E-state index < -0.39 is 0 Å². The molecule has 0 unspecified atom stereocenters. The molecule has 0 spiro atoms. The number of benzene rings is 1. The summed E-state index contributed by atoms with van der Waals surface area (Å²) in [5.41, 5.74) is 1.06. The van der Waals surface area contributed by atoms with E-state index in [-0.39, 0.29) is 25.0 Å². The second kappa shape index (κ2) is 7.61. The Bertz CT molecular complexity index is 427. The molecule has 0 radical (unpaired) electrons. The van der Waals surface area contributed by atoms with Crippen LogP contribution in [0.2, 0.25) is 0 Å². The van der Waals surface area contributed by atoms with Gasteiger partial charge >= 0.3 is 5.97 Å². The predicted molar refractivity (Wildman–Crippen MR) is 66.4 cm³/mol. The molecule has 0 amide bonds. The standard InChI is InChI=1S/C14H17FO3/c1-3-11(14(16)17-2)8-9-18-10-12-6-4-5-7-13(12)15/h4-8H,3,9-10H2,1-2H3. The summed E-state index contributed by atoms with van der Waals surface area (Å²) >= 11 is 0. The molecular formula is C14H17FO3. The highest BCUT2D eigenvalue weighted by atomic mass is 19.1. The second-order valence-corrected chi connectivity index (χ2v) is 3.68. The van der Waals surface area contributed by atoms with E-state index in [2.05, 4.69) is 4.74 Å². The van der Waals surface area contributed by atoms with Gasteiger partial charge in [-0.05, 0) is 18.6 Å². The van der Waals surface area contributed by atoms with E-state index in [0.717, 1.165) is 0 Å². The molecule has 98 valence electrons. The molecule has 0 saturated carbocycles. The highest BCUT2D eigenvalue weighted by molar-refractivity contribution is 5.88. The van der Waals surface area contributed by atoms with Crippen LogP contribution in [0, 0.1) is 5.82 Å². The number of hydrogen-bond donors (Lipinski definition) is 0. The average Bonchev–Trinajstić information content (AvgIpc) is 2.40. The molecule has 3 nitrogen and oxygen atoms in total. The third-order valence-electron chi connectivity index (χ3n) is 2.49. The van der Waals surface area contributed by atoms with Crippen molar-refractivity contribution in [2.24, 2.45) is 0 Å². The van der Waals surface area contributed by atoms with E-state index in [9.17, 15) is 9.18 Å². The normalized spacial score (nSPS) is 11.4. The number of hydrogen-bond acceptors (Lipinski definition) is 3. The quantitative estimate of drug-likeness (QED) is 0.443. The van der Waals surface area contributed by atoms with E-state index >= 15 is 0 Å². The Morgan fingerprint density at radius 2 is 2.11 bits per heavy atom. The number of methoxy groups -OCH3 is 1. The molecule has 1 aromatic rings. The molecule has 4 heteroatoms. The van der Waals surface area contributed by atoms with Gasteiger partial charge in [0.15, 0.2) is 0 Å². The van der Waals surface area contributed by atoms with Crippen molar-refractivity contribution in [2.75, 3.05) is 13.7 Å². The molecule has 0 N–H and O–H groups in total. The molecule has 0 heterocycles. The molecule has 0 fully saturated rings. The summed E-state index contributed by atoms with van der Waals surface area (Å²) in [4.78, 5) is 11.3. The number of ether oxygens (including phenoxy) is 2. The van der Waals surface area contributed by atoms with Gasteiger partial charge in [0.05, 0.1) is 20.3 Å². The van der Waals surface area contributed by atoms with E-state index in [1.54, 1.807) is 24.3 Å². The Hall–Kier alpha value is -1.68. The fourth-order valence-electron chi connectivity index (χ4n) is 1.45. The molecule has 1 aromatic carbocycles. The fourth-order valence-corrected chi connectivity index (χ4v) is 1.45. The molecule has 0 aliphatic carbocycles. The topological polar surface area (TPSA) is 35.5 Å². The molecular weight excluding hydrogens is 235 g/mol. The van der Waals surface area contributed by atoms with E-state index in [0.29, 0.717) is 17.6 Å². The molecule has 0 aromatic heterocycles. The zero-order valence-corrected chi connectivity index (χ0v) is 10.6. The Morgan fingerprint density at radius 1 is 1.39 bits per heavy atom. The molecule has 0 bridgehead atoms. The lowest BCUT2D eigenvalue weighted by molar-refractivity contribution is -0.136. The lowest BCUT2D eigenvalue weighted by Gasteiger charge is -2.05. The number of carbonyl (C=O) groups is 1. The van der Waals surface area contributed by atoms with Crippen LogP contribution < -0.4 is 0 Å². The van der Waals surface area contributed by atoms with Crippen LogP contribution in [-0.4, -0.2) is 19.7 Å². The smallest absolute Gasteiger partial charge is 0.333 e. The maximum atomic E-state index is 13.3. The van der Waals surface area contributed by atoms with Crippen LogP contribution in [0.5, 0.6) is 0 Å². The maximum absolute atomic E-state index is 13.3. The van der Waals surface area contributed by atoms with Crippen molar-refractivity contribution in [1.82, 2.24) is 0 Å². The summed E-state index contributed by atoms with van der Waals surface area (Å²) in [6.45, 7) is 2.30. The lowest BCUT2D eigenvalue weighted by Crippen LogP contribution is -2.05. The first-order chi connectivity index (χ1) is 8.69. The van der Waals surface area contributed by atoms with Gasteiger partial charge in [-0.1, -0.05) is 25.1 Å². The van der Waals surface area contributed by atoms with Gasteiger partial charge in [-0.15, -0.1) is 0 Å². The molecule has 1 rings (SSSR count). The van der Waals surface area contributed by atoms with Gasteiger partial charge in [-0.3, -0.25) is 0 Å². The van der Waals surface area contributed by atoms with E-state index in [1.807, 2.05) is 6.92 Å². The summed E-state index contributed by atoms with van der Waals surface area (Å²) in [5, 5.41) is 0. The van der Waals surface area contributed by atoms with Crippen molar-refractivity contribution in [3.63, 3.8) is 0 Å². The van der Waals surface area contributed by atoms with Gasteiger partial charge in [-0.25, -0.2) is 9.18 Å². The summed E-state index contributed by atoms with van der Waals surface area (Å²) in [6, 6.07) is 6.44. The fraction of sp³-hybridized carbons (Fsp3) is 0.357. The SMILES string of the molecule is CCC(=CCOCc1ccccc1F)C(=O)OC. The van der Waals surface area contributed by atoms with Crippen molar-refractivity contribution >= 4 is 5.97 Å². The van der Waals surface area contributed by atoms with Gasteiger partial charge in [0, 0.05) is 11.1 Å². The third-order valence-corrected chi connectivity index (χ3v) is 2.49. The van der Waals surface area contributed by atoms with Crippen LogP contribution in [0.4, 0.5) is 4.39 Å². The van der Waals surface area contributed by atoms with Crippen LogP contribution in [-0.2, 0) is 20.9 Å². The second-order valence-electron chi connectivity index (χ2n) is 3.68. The summed E-state index contributed by atoms with van der Waals surface area (Å²) in [7, 11) is 1.34. The molecule has 0 aliphatic rings. The first kappa shape index (κ1) is 14.4. The van der Waals surface area contributed by atoms with Crippen molar-refractivity contribution < 1.29 is 18.7 Å². The molecule has 0 atom stereocenters. The summed E-state index contributed by atoms with van der Waals surface area (Å²) < 4.78 is 23.2. The van der Waals surface area contributed by atoms with Crippen LogP contribution in [0.1, 0.15) is 18.9 Å². The summed E-state index contributed by atoms with van der Waals surface area (Å²) in [6.07, 6.45) is 2.24. The molecule has 0 saturated heterocycles.